The smallest absolute Gasteiger partial charge is 0.376 e. The third kappa shape index (κ3) is 2.57. The number of H-pyrrole nitrogens is 1. The summed E-state index contributed by atoms with van der Waals surface area (Å²) in [5, 5.41) is 22.0. The van der Waals surface area contributed by atoms with Crippen molar-refractivity contribution in [2.24, 2.45) is 0 Å². The number of halogens is 4. The number of anilines is 1. The molecule has 3 heterocycles. The highest BCUT2D eigenvalue weighted by atomic mass is 35.5. The molecule has 3 rings (SSSR count). The number of alkyl halides is 3. The summed E-state index contributed by atoms with van der Waals surface area (Å²) in [5.74, 6) is -1.21. The molecule has 10 heteroatoms. The predicted octanol–water partition coefficient (Wildman–Crippen LogP) is 1.39. The second-order valence-electron chi connectivity index (χ2n) is 5.47. The van der Waals surface area contributed by atoms with Crippen molar-refractivity contribution in [2.45, 2.75) is 37.0 Å². The molecule has 1 aromatic rings. The first kappa shape index (κ1) is 17.0. The quantitative estimate of drug-likeness (QED) is 0.622. The Morgan fingerprint density at radius 2 is 1.91 bits per heavy atom. The number of carbonyl (C=O) groups excluding carboxylic acids is 1. The minimum absolute atomic E-state index is 0. The lowest BCUT2D eigenvalue weighted by Gasteiger charge is -2.35. The van der Waals surface area contributed by atoms with E-state index in [-0.39, 0.29) is 35.4 Å². The van der Waals surface area contributed by atoms with E-state index in [2.05, 4.69) is 20.8 Å². The maximum absolute atomic E-state index is 13.3. The van der Waals surface area contributed by atoms with Crippen molar-refractivity contribution >= 4 is 24.1 Å². The number of aromatic nitrogens is 2. The largest absolute Gasteiger partial charge is 0.422 e. The van der Waals surface area contributed by atoms with Gasteiger partial charge in [-0.05, 0) is 25.9 Å². The van der Waals surface area contributed by atoms with Gasteiger partial charge < -0.3 is 15.7 Å². The number of nitrogens with one attached hydrogen (secondary N) is 3. The van der Waals surface area contributed by atoms with Gasteiger partial charge in [-0.1, -0.05) is 0 Å². The zero-order valence-electron chi connectivity index (χ0n) is 11.5. The molecule has 4 N–H and O–H groups in total. The average Bonchev–Trinajstić information content (AvgIpc) is 2.82. The molecule has 0 radical (unpaired) electrons. The molecule has 124 valence electrons. The van der Waals surface area contributed by atoms with E-state index in [0.29, 0.717) is 25.9 Å². The summed E-state index contributed by atoms with van der Waals surface area (Å²) >= 11 is 0. The molecule has 0 saturated carbocycles. The number of carbonyl (C=O) groups is 1. The molecule has 1 aromatic heterocycles. The van der Waals surface area contributed by atoms with Crippen LogP contribution in [0.4, 0.5) is 19.0 Å². The normalized spacial score (nSPS) is 26.1. The second-order valence-corrected chi connectivity index (χ2v) is 5.47. The summed E-state index contributed by atoms with van der Waals surface area (Å²) in [5.41, 5.74) is -3.31. The third-order valence-electron chi connectivity index (χ3n) is 4.08. The van der Waals surface area contributed by atoms with Gasteiger partial charge in [0.15, 0.2) is 5.60 Å². The number of hydrogen-bond donors (Lipinski definition) is 4. The van der Waals surface area contributed by atoms with E-state index < -0.39 is 24.1 Å². The third-order valence-corrected chi connectivity index (χ3v) is 4.08. The topological polar surface area (TPSA) is 90.0 Å². The lowest BCUT2D eigenvalue weighted by molar-refractivity contribution is -0.267. The van der Waals surface area contributed by atoms with Gasteiger partial charge in [-0.3, -0.25) is 9.89 Å². The van der Waals surface area contributed by atoms with Crippen molar-refractivity contribution < 1.29 is 23.1 Å². The number of rotatable bonds is 1. The van der Waals surface area contributed by atoms with Crippen LogP contribution in [0.25, 0.3) is 0 Å². The van der Waals surface area contributed by atoms with Crippen LogP contribution in [0.15, 0.2) is 0 Å². The first-order valence-corrected chi connectivity index (χ1v) is 6.71. The van der Waals surface area contributed by atoms with Crippen LogP contribution in [-0.2, 0) is 10.4 Å². The summed E-state index contributed by atoms with van der Waals surface area (Å²) < 4.78 is 40.0. The zero-order chi connectivity index (χ0) is 15.3. The molecule has 0 aliphatic carbocycles. The predicted molar refractivity (Wildman–Crippen MR) is 73.9 cm³/mol. The molecule has 1 atom stereocenters. The van der Waals surface area contributed by atoms with E-state index in [1.165, 1.54) is 0 Å². The highest BCUT2D eigenvalue weighted by molar-refractivity contribution is 5.94. The Bertz CT molecular complexity index is 571. The summed E-state index contributed by atoms with van der Waals surface area (Å²) in [6.45, 7) is 1.37. The maximum atomic E-state index is 13.3. The molecule has 1 saturated heterocycles. The van der Waals surface area contributed by atoms with Crippen molar-refractivity contribution in [1.82, 2.24) is 15.5 Å². The van der Waals surface area contributed by atoms with Crippen LogP contribution < -0.4 is 10.6 Å². The van der Waals surface area contributed by atoms with Crippen molar-refractivity contribution in [1.29, 1.82) is 0 Å². The number of fused-ring (bicyclic) bond motifs is 1. The Balaban J connectivity index is 0.00000176. The fraction of sp³-hybridized carbons (Fsp3) is 0.667. The minimum Gasteiger partial charge on any atom is -0.376 e. The van der Waals surface area contributed by atoms with Crippen molar-refractivity contribution in [3.05, 3.63) is 11.3 Å². The SMILES string of the molecule is Cl.O=C1CC(O)(C(F)(F)F)c2c(C3CCNCC3)n[nH]c2N1. The van der Waals surface area contributed by atoms with Gasteiger partial charge in [-0.25, -0.2) is 0 Å². The Hall–Kier alpha value is -1.32. The molecular weight excluding hydrogens is 325 g/mol. The fourth-order valence-electron chi connectivity index (χ4n) is 3.00. The van der Waals surface area contributed by atoms with E-state index in [9.17, 15) is 23.1 Å². The van der Waals surface area contributed by atoms with Crippen molar-refractivity contribution in [2.75, 3.05) is 18.4 Å². The molecule has 1 unspecified atom stereocenters. The number of aromatic amines is 1. The summed E-state index contributed by atoms with van der Waals surface area (Å²) in [6.07, 6.45) is -4.70. The minimum atomic E-state index is -4.94. The number of piperidine rings is 1. The molecule has 2 aliphatic rings. The number of amides is 1. The standard InChI is InChI=1S/C12H15F3N4O2.ClH/c13-12(14,15)11(21)5-7(20)17-10-8(11)9(18-19-10)6-1-3-16-4-2-6;/h6,16,21H,1-5H2,(H2,17,18,19,20);1H. The van der Waals surface area contributed by atoms with Crippen LogP contribution >= 0.6 is 12.4 Å². The molecular formula is C12H16ClF3N4O2. The van der Waals surface area contributed by atoms with Gasteiger partial charge in [0.1, 0.15) is 5.82 Å². The van der Waals surface area contributed by atoms with Gasteiger partial charge >= 0.3 is 6.18 Å². The molecule has 6 nitrogen and oxygen atoms in total. The van der Waals surface area contributed by atoms with Gasteiger partial charge in [0.05, 0.1) is 17.7 Å². The molecule has 1 amide bonds. The lowest BCUT2D eigenvalue weighted by Crippen LogP contribution is -2.48. The van der Waals surface area contributed by atoms with Crippen molar-refractivity contribution in [3.8, 4) is 0 Å². The van der Waals surface area contributed by atoms with E-state index in [0.717, 1.165) is 0 Å². The molecule has 2 aliphatic heterocycles. The van der Waals surface area contributed by atoms with E-state index in [1.807, 2.05) is 0 Å². The van der Waals surface area contributed by atoms with Crippen molar-refractivity contribution in [3.63, 3.8) is 0 Å². The summed E-state index contributed by atoms with van der Waals surface area (Å²) in [6, 6.07) is 0. The number of hydrogen-bond acceptors (Lipinski definition) is 4. The van der Waals surface area contributed by atoms with Crippen LogP contribution in [0, 0.1) is 0 Å². The van der Waals surface area contributed by atoms with Gasteiger partial charge in [0.25, 0.3) is 0 Å². The van der Waals surface area contributed by atoms with Crippen LogP contribution in [0.3, 0.4) is 0 Å². The van der Waals surface area contributed by atoms with Crippen LogP contribution in [0.2, 0.25) is 0 Å². The zero-order valence-corrected chi connectivity index (χ0v) is 12.3. The van der Waals surface area contributed by atoms with Gasteiger partial charge in [0.2, 0.25) is 5.91 Å². The highest BCUT2D eigenvalue weighted by Gasteiger charge is 2.61. The lowest BCUT2D eigenvalue weighted by atomic mass is 9.81. The van der Waals surface area contributed by atoms with Gasteiger partial charge in [-0.2, -0.15) is 18.3 Å². The Kier molecular flexibility index (Phi) is 4.42. The highest BCUT2D eigenvalue weighted by Crippen LogP contribution is 2.49. The Labute approximate surface area is 130 Å². The van der Waals surface area contributed by atoms with Crippen LogP contribution in [0.1, 0.15) is 36.4 Å². The second kappa shape index (κ2) is 5.71. The van der Waals surface area contributed by atoms with Crippen LogP contribution in [-0.4, -0.2) is 40.5 Å². The first-order valence-electron chi connectivity index (χ1n) is 6.71. The molecule has 1 fully saturated rings. The molecule has 0 aromatic carbocycles. The van der Waals surface area contributed by atoms with Gasteiger partial charge in [-0.15, -0.1) is 12.4 Å². The average molecular weight is 341 g/mol. The van der Waals surface area contributed by atoms with Crippen LogP contribution in [0.5, 0.6) is 0 Å². The number of aliphatic hydroxyl groups is 1. The van der Waals surface area contributed by atoms with Gasteiger partial charge in [0, 0.05) is 5.92 Å². The fourth-order valence-corrected chi connectivity index (χ4v) is 3.00. The molecule has 0 spiro atoms. The maximum Gasteiger partial charge on any atom is 0.422 e. The monoisotopic (exact) mass is 340 g/mol. The summed E-state index contributed by atoms with van der Waals surface area (Å²) in [7, 11) is 0. The van der Waals surface area contributed by atoms with E-state index in [4.69, 9.17) is 0 Å². The Morgan fingerprint density at radius 1 is 1.27 bits per heavy atom. The molecule has 0 bridgehead atoms. The summed E-state index contributed by atoms with van der Waals surface area (Å²) in [4.78, 5) is 11.4. The van der Waals surface area contributed by atoms with E-state index >= 15 is 0 Å². The first-order chi connectivity index (χ1) is 9.83. The molecule has 22 heavy (non-hydrogen) atoms. The van der Waals surface area contributed by atoms with E-state index in [1.54, 1.807) is 0 Å². The Morgan fingerprint density at radius 3 is 2.50 bits per heavy atom. The number of nitrogens with zero attached hydrogens (tertiary/aromatic N) is 1.